The standard InChI is InChI=1S/C23H29N3O6/c1-22(2,3)16-11-13(12-17(19(16)27)23(4,5)6)18(20(28)29)25-21(30)24-14-7-9-15(10-8-14)26(31)32/h7-12,18,27H,1-6H3,(H,28,29)(H2,24,25,30). The summed E-state index contributed by atoms with van der Waals surface area (Å²) in [7, 11) is 0. The van der Waals surface area contributed by atoms with Crippen molar-refractivity contribution >= 4 is 23.4 Å². The van der Waals surface area contributed by atoms with Crippen molar-refractivity contribution in [1.82, 2.24) is 5.32 Å². The number of nitrogens with one attached hydrogen (secondary N) is 2. The molecule has 0 heterocycles. The van der Waals surface area contributed by atoms with Crippen LogP contribution in [0.3, 0.4) is 0 Å². The molecule has 9 nitrogen and oxygen atoms in total. The Morgan fingerprint density at radius 1 is 0.969 bits per heavy atom. The molecule has 0 bridgehead atoms. The van der Waals surface area contributed by atoms with Gasteiger partial charge in [0.15, 0.2) is 6.04 Å². The number of phenols is 1. The largest absolute Gasteiger partial charge is 0.507 e. The van der Waals surface area contributed by atoms with Gasteiger partial charge in [-0.05, 0) is 51.8 Å². The Kier molecular flexibility index (Phi) is 6.82. The molecular formula is C23H29N3O6. The highest BCUT2D eigenvalue weighted by atomic mass is 16.6. The summed E-state index contributed by atoms with van der Waals surface area (Å²) >= 11 is 0. The van der Waals surface area contributed by atoms with Gasteiger partial charge in [-0.25, -0.2) is 9.59 Å². The number of benzene rings is 2. The molecule has 32 heavy (non-hydrogen) atoms. The van der Waals surface area contributed by atoms with E-state index in [1.54, 1.807) is 12.1 Å². The third-order valence-electron chi connectivity index (χ3n) is 4.94. The fourth-order valence-electron chi connectivity index (χ4n) is 3.22. The van der Waals surface area contributed by atoms with Crippen LogP contribution in [0.5, 0.6) is 5.75 Å². The van der Waals surface area contributed by atoms with Gasteiger partial charge in [0.25, 0.3) is 5.69 Å². The summed E-state index contributed by atoms with van der Waals surface area (Å²) in [6, 6.07) is 6.19. The number of nitro benzene ring substituents is 1. The van der Waals surface area contributed by atoms with Crippen molar-refractivity contribution in [3.8, 4) is 5.75 Å². The number of anilines is 1. The number of carbonyl (C=O) groups excluding carboxylic acids is 1. The topological polar surface area (TPSA) is 142 Å². The molecule has 0 aliphatic rings. The van der Waals surface area contributed by atoms with E-state index in [1.807, 2.05) is 41.5 Å². The van der Waals surface area contributed by atoms with Crippen LogP contribution in [0.1, 0.15) is 64.3 Å². The zero-order chi connectivity index (χ0) is 24.4. The maximum atomic E-state index is 12.5. The lowest BCUT2D eigenvalue weighted by Crippen LogP contribution is -2.37. The monoisotopic (exact) mass is 443 g/mol. The second-order valence-corrected chi connectivity index (χ2v) is 9.64. The lowest BCUT2D eigenvalue weighted by Gasteiger charge is -2.29. The first-order chi connectivity index (χ1) is 14.6. The van der Waals surface area contributed by atoms with Crippen LogP contribution in [0.25, 0.3) is 0 Å². The smallest absolute Gasteiger partial charge is 0.330 e. The highest BCUT2D eigenvalue weighted by Gasteiger charge is 2.30. The molecule has 0 fully saturated rings. The Labute approximate surface area is 186 Å². The van der Waals surface area contributed by atoms with Gasteiger partial charge in [-0.1, -0.05) is 41.5 Å². The molecule has 0 saturated carbocycles. The number of non-ortho nitro benzene ring substituents is 1. The molecule has 1 atom stereocenters. The van der Waals surface area contributed by atoms with E-state index in [-0.39, 0.29) is 17.1 Å². The SMILES string of the molecule is CC(C)(C)c1cc(C(NC(=O)Nc2ccc([N+](=O)[O-])cc2)C(=O)O)cc(C(C)(C)C)c1O. The van der Waals surface area contributed by atoms with E-state index in [0.29, 0.717) is 16.7 Å². The molecule has 2 aromatic rings. The lowest BCUT2D eigenvalue weighted by molar-refractivity contribution is -0.384. The van der Waals surface area contributed by atoms with Gasteiger partial charge in [0.05, 0.1) is 4.92 Å². The van der Waals surface area contributed by atoms with Gasteiger partial charge in [-0.3, -0.25) is 10.1 Å². The maximum absolute atomic E-state index is 12.5. The van der Waals surface area contributed by atoms with Gasteiger partial charge in [-0.15, -0.1) is 0 Å². The van der Waals surface area contributed by atoms with Gasteiger partial charge in [0.1, 0.15) is 5.75 Å². The fourth-order valence-corrected chi connectivity index (χ4v) is 3.22. The van der Waals surface area contributed by atoms with Crippen LogP contribution in [0.2, 0.25) is 0 Å². The summed E-state index contributed by atoms with van der Waals surface area (Å²) in [6.45, 7) is 11.4. The van der Waals surface area contributed by atoms with Crippen LogP contribution in [-0.4, -0.2) is 27.1 Å². The van der Waals surface area contributed by atoms with Crippen LogP contribution in [-0.2, 0) is 15.6 Å². The number of nitrogens with zero attached hydrogens (tertiary/aromatic N) is 1. The third-order valence-corrected chi connectivity index (χ3v) is 4.94. The first-order valence-electron chi connectivity index (χ1n) is 10.0. The molecule has 9 heteroatoms. The molecule has 0 radical (unpaired) electrons. The third kappa shape index (κ3) is 5.75. The number of carboxylic acids is 1. The summed E-state index contributed by atoms with van der Waals surface area (Å²) in [5.74, 6) is -1.16. The number of urea groups is 1. The summed E-state index contributed by atoms with van der Waals surface area (Å²) in [4.78, 5) is 34.7. The number of nitro groups is 1. The molecule has 0 aliphatic heterocycles. The number of amides is 2. The van der Waals surface area contributed by atoms with Gasteiger partial charge >= 0.3 is 12.0 Å². The van der Waals surface area contributed by atoms with Crippen molar-refractivity contribution in [3.63, 3.8) is 0 Å². The Morgan fingerprint density at radius 2 is 1.44 bits per heavy atom. The Morgan fingerprint density at radius 3 is 1.81 bits per heavy atom. The van der Waals surface area contributed by atoms with Gasteiger partial charge in [-0.2, -0.15) is 0 Å². The molecule has 0 aromatic heterocycles. The first kappa shape index (κ1) is 24.6. The number of carboxylic acid groups (broad SMARTS) is 1. The van der Waals surface area contributed by atoms with E-state index in [9.17, 15) is 29.9 Å². The van der Waals surface area contributed by atoms with Crippen molar-refractivity contribution < 1.29 is 24.7 Å². The molecule has 2 aromatic carbocycles. The molecule has 0 spiro atoms. The minimum atomic E-state index is -1.38. The number of hydrogen-bond donors (Lipinski definition) is 4. The second-order valence-electron chi connectivity index (χ2n) is 9.64. The zero-order valence-corrected chi connectivity index (χ0v) is 19.0. The van der Waals surface area contributed by atoms with Crippen LogP contribution in [0.4, 0.5) is 16.2 Å². The van der Waals surface area contributed by atoms with E-state index in [4.69, 9.17) is 0 Å². The predicted octanol–water partition coefficient (Wildman–Crippen LogP) is 4.84. The maximum Gasteiger partial charge on any atom is 0.330 e. The molecular weight excluding hydrogens is 414 g/mol. The summed E-state index contributed by atoms with van der Waals surface area (Å²) in [6.07, 6.45) is 0. The van der Waals surface area contributed by atoms with Crippen LogP contribution >= 0.6 is 0 Å². The normalized spacial score (nSPS) is 12.7. The number of aromatic hydroxyl groups is 1. The van der Waals surface area contributed by atoms with Crippen LogP contribution < -0.4 is 10.6 Å². The highest BCUT2D eigenvalue weighted by molar-refractivity contribution is 5.92. The number of phenolic OH excluding ortho intramolecular Hbond substituents is 1. The highest BCUT2D eigenvalue weighted by Crippen LogP contribution is 2.41. The Bertz CT molecular complexity index is 998. The molecule has 1 unspecified atom stereocenters. The van der Waals surface area contributed by atoms with E-state index in [0.717, 1.165) is 0 Å². The van der Waals surface area contributed by atoms with Crippen molar-refractivity contribution in [1.29, 1.82) is 0 Å². The van der Waals surface area contributed by atoms with Crippen molar-refractivity contribution in [2.75, 3.05) is 5.32 Å². The van der Waals surface area contributed by atoms with Crippen LogP contribution in [0.15, 0.2) is 36.4 Å². The molecule has 172 valence electrons. The minimum absolute atomic E-state index is 0.105. The Balaban J connectivity index is 2.40. The van der Waals surface area contributed by atoms with Gasteiger partial charge < -0.3 is 20.8 Å². The number of aliphatic carboxylic acids is 1. The van der Waals surface area contributed by atoms with E-state index in [1.165, 1.54) is 24.3 Å². The quantitative estimate of drug-likeness (QED) is 0.385. The van der Waals surface area contributed by atoms with Crippen molar-refractivity contribution in [2.45, 2.75) is 58.4 Å². The molecule has 0 saturated heterocycles. The van der Waals surface area contributed by atoms with E-state index >= 15 is 0 Å². The zero-order valence-electron chi connectivity index (χ0n) is 19.0. The minimum Gasteiger partial charge on any atom is -0.507 e. The number of hydrogen-bond acceptors (Lipinski definition) is 5. The summed E-state index contributed by atoms with van der Waals surface area (Å²) in [5, 5.41) is 36.3. The molecule has 2 rings (SSSR count). The average Bonchev–Trinajstić information content (AvgIpc) is 2.64. The fraction of sp³-hybridized carbons (Fsp3) is 0.391. The number of rotatable bonds is 5. The molecule has 4 N–H and O–H groups in total. The lowest BCUT2D eigenvalue weighted by atomic mass is 9.77. The van der Waals surface area contributed by atoms with E-state index in [2.05, 4.69) is 10.6 Å². The van der Waals surface area contributed by atoms with Crippen LogP contribution in [0, 0.1) is 10.1 Å². The molecule has 0 aliphatic carbocycles. The van der Waals surface area contributed by atoms with Gasteiger partial charge in [0, 0.05) is 17.8 Å². The predicted molar refractivity (Wildman–Crippen MR) is 121 cm³/mol. The van der Waals surface area contributed by atoms with Crippen molar-refractivity contribution in [2.24, 2.45) is 0 Å². The Hall–Kier alpha value is -3.62. The second kappa shape index (κ2) is 8.86. The van der Waals surface area contributed by atoms with Gasteiger partial charge in [0.2, 0.25) is 0 Å². The average molecular weight is 444 g/mol. The van der Waals surface area contributed by atoms with E-state index < -0.39 is 33.8 Å². The first-order valence-corrected chi connectivity index (χ1v) is 10.0. The van der Waals surface area contributed by atoms with Crippen molar-refractivity contribution in [3.05, 3.63) is 63.2 Å². The number of carbonyl (C=O) groups is 2. The summed E-state index contributed by atoms with van der Waals surface area (Å²) < 4.78 is 0. The molecule has 2 amide bonds. The summed E-state index contributed by atoms with van der Waals surface area (Å²) in [5.41, 5.74) is 0.673.